The number of halogens is 1. The zero-order valence-electron chi connectivity index (χ0n) is 5.09. The Morgan fingerprint density at radius 2 is 2.22 bits per heavy atom. The van der Waals surface area contributed by atoms with Crippen molar-refractivity contribution in [3.8, 4) is 0 Å². The molecule has 56 valence electrons. The van der Waals surface area contributed by atoms with Gasteiger partial charge >= 0.3 is 0 Å². The van der Waals surface area contributed by atoms with Crippen molar-refractivity contribution in [2.75, 3.05) is 19.1 Å². The third-order valence-corrected chi connectivity index (χ3v) is 0.976. The summed E-state index contributed by atoms with van der Waals surface area (Å²) in [5.74, 6) is 0.368. The van der Waals surface area contributed by atoms with Crippen molar-refractivity contribution in [3.05, 3.63) is 0 Å². The summed E-state index contributed by atoms with van der Waals surface area (Å²) in [6.45, 7) is 0.0946. The molecular formula is C5H11ClO3. The van der Waals surface area contributed by atoms with Gasteiger partial charge < -0.3 is 14.9 Å². The predicted molar refractivity (Wildman–Crippen MR) is 34.4 cm³/mol. The molecule has 0 saturated heterocycles. The third kappa shape index (κ3) is 6.05. The first-order chi connectivity index (χ1) is 4.31. The molecule has 0 aromatic rings. The Balaban J connectivity index is 2.95. The van der Waals surface area contributed by atoms with Crippen LogP contribution in [0.3, 0.4) is 0 Å². The average Bonchev–Trinajstić information content (AvgIpc) is 1.85. The number of rotatable bonds is 5. The smallest absolute Gasteiger partial charge is 0.155 e. The second kappa shape index (κ2) is 6.29. The molecule has 1 unspecified atom stereocenters. The van der Waals surface area contributed by atoms with Gasteiger partial charge in [0.05, 0.1) is 13.2 Å². The Kier molecular flexibility index (Phi) is 6.41. The van der Waals surface area contributed by atoms with Gasteiger partial charge in [0.2, 0.25) is 0 Å². The zero-order valence-corrected chi connectivity index (χ0v) is 5.84. The van der Waals surface area contributed by atoms with E-state index in [9.17, 15) is 0 Å². The molecule has 1 atom stereocenters. The topological polar surface area (TPSA) is 49.7 Å². The molecule has 0 aliphatic carbocycles. The minimum atomic E-state index is -0.824. The normalized spacial score (nSPS) is 13.7. The number of ether oxygens (including phenoxy) is 1. The van der Waals surface area contributed by atoms with Crippen molar-refractivity contribution in [1.29, 1.82) is 0 Å². The zero-order chi connectivity index (χ0) is 7.11. The molecule has 2 N–H and O–H groups in total. The first kappa shape index (κ1) is 9.17. The van der Waals surface area contributed by atoms with Crippen LogP contribution in [0.1, 0.15) is 6.42 Å². The van der Waals surface area contributed by atoms with Crippen molar-refractivity contribution < 1.29 is 14.9 Å². The molecule has 0 amide bonds. The molecule has 0 saturated carbocycles. The van der Waals surface area contributed by atoms with Gasteiger partial charge in [-0.2, -0.15) is 0 Å². The highest BCUT2D eigenvalue weighted by Gasteiger charge is 2.00. The maximum atomic E-state index is 8.76. The van der Waals surface area contributed by atoms with Crippen LogP contribution in [0.25, 0.3) is 0 Å². The largest absolute Gasteiger partial charge is 0.394 e. The molecule has 0 aromatic carbocycles. The second-order valence-corrected chi connectivity index (χ2v) is 1.90. The molecule has 0 radical (unpaired) electrons. The van der Waals surface area contributed by atoms with Gasteiger partial charge in [-0.15, -0.1) is 11.6 Å². The van der Waals surface area contributed by atoms with Gasteiger partial charge in [0.1, 0.15) is 0 Å². The molecular weight excluding hydrogens is 144 g/mol. The van der Waals surface area contributed by atoms with E-state index in [1.807, 2.05) is 0 Å². The maximum absolute atomic E-state index is 8.76. The SMILES string of the molecule is OCCOC(O)CCCl. The van der Waals surface area contributed by atoms with Crippen LogP contribution in [0, 0.1) is 0 Å². The summed E-state index contributed by atoms with van der Waals surface area (Å²) in [6, 6.07) is 0. The van der Waals surface area contributed by atoms with Gasteiger partial charge in [-0.1, -0.05) is 0 Å². The summed E-state index contributed by atoms with van der Waals surface area (Å²) in [4.78, 5) is 0. The van der Waals surface area contributed by atoms with Crippen LogP contribution in [-0.2, 0) is 4.74 Å². The summed E-state index contributed by atoms with van der Waals surface area (Å²) in [5, 5.41) is 17.0. The number of hydrogen-bond acceptors (Lipinski definition) is 3. The Bertz CT molecular complexity index is 60.2. The van der Waals surface area contributed by atoms with Gasteiger partial charge in [0.25, 0.3) is 0 Å². The summed E-state index contributed by atoms with van der Waals surface area (Å²) in [7, 11) is 0. The van der Waals surface area contributed by atoms with Crippen LogP contribution in [0.15, 0.2) is 0 Å². The summed E-state index contributed by atoms with van der Waals surface area (Å²) in [6.07, 6.45) is -0.420. The highest BCUT2D eigenvalue weighted by molar-refractivity contribution is 6.17. The van der Waals surface area contributed by atoms with Gasteiger partial charge in [0.15, 0.2) is 6.29 Å². The summed E-state index contributed by atoms with van der Waals surface area (Å²) >= 11 is 5.27. The molecule has 0 aromatic heterocycles. The molecule has 0 fully saturated rings. The monoisotopic (exact) mass is 154 g/mol. The van der Waals surface area contributed by atoms with E-state index in [4.69, 9.17) is 21.8 Å². The highest BCUT2D eigenvalue weighted by atomic mass is 35.5. The molecule has 9 heavy (non-hydrogen) atoms. The van der Waals surface area contributed by atoms with Crippen molar-refractivity contribution in [2.45, 2.75) is 12.7 Å². The van der Waals surface area contributed by atoms with Crippen LogP contribution in [0.4, 0.5) is 0 Å². The van der Waals surface area contributed by atoms with Crippen molar-refractivity contribution in [3.63, 3.8) is 0 Å². The molecule has 0 heterocycles. The van der Waals surface area contributed by atoms with Gasteiger partial charge in [-0.25, -0.2) is 0 Å². The molecule has 0 bridgehead atoms. The van der Waals surface area contributed by atoms with Gasteiger partial charge in [-0.05, 0) is 0 Å². The van der Waals surface area contributed by atoms with Crippen LogP contribution >= 0.6 is 11.6 Å². The van der Waals surface area contributed by atoms with Crippen LogP contribution in [0.2, 0.25) is 0 Å². The standard InChI is InChI=1S/C5H11ClO3/c6-2-1-5(8)9-4-3-7/h5,7-8H,1-4H2. The van der Waals surface area contributed by atoms with Crippen LogP contribution in [-0.4, -0.2) is 35.6 Å². The second-order valence-electron chi connectivity index (χ2n) is 1.53. The van der Waals surface area contributed by atoms with Gasteiger partial charge in [-0.3, -0.25) is 0 Å². The fourth-order valence-corrected chi connectivity index (χ4v) is 0.552. The van der Waals surface area contributed by atoms with E-state index >= 15 is 0 Å². The van der Waals surface area contributed by atoms with E-state index in [0.29, 0.717) is 12.3 Å². The van der Waals surface area contributed by atoms with E-state index in [-0.39, 0.29) is 13.2 Å². The summed E-state index contributed by atoms with van der Waals surface area (Å²) in [5.41, 5.74) is 0. The number of alkyl halides is 1. The fourth-order valence-electron chi connectivity index (χ4n) is 0.365. The van der Waals surface area contributed by atoms with Crippen LogP contribution < -0.4 is 0 Å². The molecule has 0 rings (SSSR count). The Morgan fingerprint density at radius 1 is 1.56 bits per heavy atom. The first-order valence-corrected chi connectivity index (χ1v) is 3.31. The average molecular weight is 155 g/mol. The first-order valence-electron chi connectivity index (χ1n) is 2.77. The van der Waals surface area contributed by atoms with Crippen molar-refractivity contribution in [2.24, 2.45) is 0 Å². The Morgan fingerprint density at radius 3 is 2.67 bits per heavy atom. The van der Waals surface area contributed by atoms with Crippen LogP contribution in [0.5, 0.6) is 0 Å². The molecule has 0 aliphatic rings. The van der Waals surface area contributed by atoms with E-state index in [1.54, 1.807) is 0 Å². The fraction of sp³-hybridized carbons (Fsp3) is 1.00. The predicted octanol–water partition coefficient (Wildman–Crippen LogP) is -0.0574. The number of hydrogen-bond donors (Lipinski definition) is 2. The minimum absolute atomic E-state index is 0.0701. The molecule has 0 aliphatic heterocycles. The Hall–Kier alpha value is 0.170. The lowest BCUT2D eigenvalue weighted by atomic mass is 10.5. The number of aliphatic hydroxyl groups is 2. The lowest BCUT2D eigenvalue weighted by Crippen LogP contribution is -2.14. The molecule has 4 heteroatoms. The van der Waals surface area contributed by atoms with E-state index in [0.717, 1.165) is 0 Å². The minimum Gasteiger partial charge on any atom is -0.394 e. The quantitative estimate of drug-likeness (QED) is 0.431. The Labute approximate surface area is 59.2 Å². The van der Waals surface area contributed by atoms with E-state index in [2.05, 4.69) is 4.74 Å². The maximum Gasteiger partial charge on any atom is 0.155 e. The lowest BCUT2D eigenvalue weighted by molar-refractivity contribution is -0.107. The molecule has 3 nitrogen and oxygen atoms in total. The van der Waals surface area contributed by atoms with Crippen molar-refractivity contribution in [1.82, 2.24) is 0 Å². The van der Waals surface area contributed by atoms with Gasteiger partial charge in [0, 0.05) is 12.3 Å². The molecule has 0 spiro atoms. The van der Waals surface area contributed by atoms with Crippen molar-refractivity contribution >= 4 is 11.6 Å². The third-order valence-electron chi connectivity index (χ3n) is 0.758. The van der Waals surface area contributed by atoms with E-state index < -0.39 is 6.29 Å². The lowest BCUT2D eigenvalue weighted by Gasteiger charge is -2.07. The highest BCUT2D eigenvalue weighted by Crippen LogP contribution is 1.94. The summed E-state index contributed by atoms with van der Waals surface area (Å²) < 4.78 is 4.65. The number of aliphatic hydroxyl groups excluding tert-OH is 2. The van der Waals surface area contributed by atoms with E-state index in [1.165, 1.54) is 0 Å².